The van der Waals surface area contributed by atoms with E-state index in [0.29, 0.717) is 6.04 Å². The quantitative estimate of drug-likeness (QED) is 0.859. The minimum absolute atomic E-state index is 0.193. The van der Waals surface area contributed by atoms with Gasteiger partial charge in [0.1, 0.15) is 11.6 Å². The molecule has 2 unspecified atom stereocenters. The van der Waals surface area contributed by atoms with Gasteiger partial charge in [-0.25, -0.2) is 8.78 Å². The molecule has 1 aliphatic heterocycles. The Morgan fingerprint density at radius 2 is 2.05 bits per heavy atom. The molecule has 2 nitrogen and oxygen atoms in total. The van der Waals surface area contributed by atoms with Crippen molar-refractivity contribution in [2.45, 2.75) is 45.2 Å². The van der Waals surface area contributed by atoms with Gasteiger partial charge in [0, 0.05) is 24.2 Å². The van der Waals surface area contributed by atoms with Crippen molar-refractivity contribution in [1.82, 2.24) is 10.2 Å². The van der Waals surface area contributed by atoms with Crippen LogP contribution in [-0.2, 0) is 0 Å². The molecule has 112 valence electrons. The van der Waals surface area contributed by atoms with Crippen LogP contribution >= 0.6 is 0 Å². The van der Waals surface area contributed by atoms with Gasteiger partial charge in [0.2, 0.25) is 0 Å². The van der Waals surface area contributed by atoms with Crippen LogP contribution in [0.5, 0.6) is 0 Å². The molecule has 0 saturated carbocycles. The van der Waals surface area contributed by atoms with Crippen molar-refractivity contribution in [1.29, 1.82) is 0 Å². The van der Waals surface area contributed by atoms with Crippen LogP contribution in [0.4, 0.5) is 8.78 Å². The highest BCUT2D eigenvalue weighted by molar-refractivity contribution is 5.23. The predicted molar refractivity (Wildman–Crippen MR) is 77.7 cm³/mol. The van der Waals surface area contributed by atoms with Crippen molar-refractivity contribution in [2.24, 2.45) is 0 Å². The number of nitrogens with zero attached hydrogens (tertiary/aromatic N) is 1. The molecule has 0 aliphatic carbocycles. The van der Waals surface area contributed by atoms with Crippen molar-refractivity contribution in [3.05, 3.63) is 35.4 Å². The van der Waals surface area contributed by atoms with Crippen LogP contribution in [0.1, 0.15) is 44.7 Å². The summed E-state index contributed by atoms with van der Waals surface area (Å²) in [5, 5.41) is 3.45. The Morgan fingerprint density at radius 3 is 2.60 bits per heavy atom. The molecule has 20 heavy (non-hydrogen) atoms. The fourth-order valence-corrected chi connectivity index (χ4v) is 3.02. The second-order valence-corrected chi connectivity index (χ2v) is 5.60. The van der Waals surface area contributed by atoms with E-state index in [9.17, 15) is 8.78 Å². The maximum Gasteiger partial charge on any atom is 0.130 e. The number of benzene rings is 1. The lowest BCUT2D eigenvalue weighted by atomic mass is 10.0. The normalized spacial score (nSPS) is 20.6. The number of hydrogen-bond donors (Lipinski definition) is 1. The van der Waals surface area contributed by atoms with Gasteiger partial charge in [-0.2, -0.15) is 0 Å². The third-order valence-electron chi connectivity index (χ3n) is 4.09. The topological polar surface area (TPSA) is 15.3 Å². The SMILES string of the molecule is CCCN(CC1CCCN1)C(C)c1c(F)cccc1F. The van der Waals surface area contributed by atoms with E-state index in [4.69, 9.17) is 0 Å². The molecule has 0 amide bonds. The average Bonchev–Trinajstić information content (AvgIpc) is 2.91. The van der Waals surface area contributed by atoms with E-state index in [1.165, 1.54) is 24.6 Å². The third kappa shape index (κ3) is 3.55. The van der Waals surface area contributed by atoms with E-state index in [-0.39, 0.29) is 11.6 Å². The number of hydrogen-bond acceptors (Lipinski definition) is 2. The van der Waals surface area contributed by atoms with Crippen LogP contribution in [0.15, 0.2) is 18.2 Å². The first kappa shape index (κ1) is 15.4. The molecular weight excluding hydrogens is 258 g/mol. The highest BCUT2D eigenvalue weighted by Gasteiger charge is 2.25. The Kier molecular flexibility index (Phi) is 5.49. The van der Waals surface area contributed by atoms with Crippen LogP contribution in [0.25, 0.3) is 0 Å². The Hall–Kier alpha value is -1.00. The largest absolute Gasteiger partial charge is 0.313 e. The monoisotopic (exact) mass is 282 g/mol. The number of rotatable bonds is 6. The maximum atomic E-state index is 13.9. The molecule has 1 heterocycles. The van der Waals surface area contributed by atoms with E-state index in [1.54, 1.807) is 0 Å². The molecule has 0 bridgehead atoms. The lowest BCUT2D eigenvalue weighted by Crippen LogP contribution is -2.39. The van der Waals surface area contributed by atoms with Gasteiger partial charge in [0.15, 0.2) is 0 Å². The van der Waals surface area contributed by atoms with Gasteiger partial charge in [0.05, 0.1) is 0 Å². The third-order valence-corrected chi connectivity index (χ3v) is 4.09. The number of nitrogens with one attached hydrogen (secondary N) is 1. The summed E-state index contributed by atoms with van der Waals surface area (Å²) in [4.78, 5) is 2.18. The Morgan fingerprint density at radius 1 is 1.35 bits per heavy atom. The molecule has 0 aromatic heterocycles. The summed E-state index contributed by atoms with van der Waals surface area (Å²) >= 11 is 0. The van der Waals surface area contributed by atoms with Crippen molar-refractivity contribution in [2.75, 3.05) is 19.6 Å². The van der Waals surface area contributed by atoms with Crippen molar-refractivity contribution < 1.29 is 8.78 Å². The lowest BCUT2D eigenvalue weighted by Gasteiger charge is -2.31. The van der Waals surface area contributed by atoms with Crippen LogP contribution in [-0.4, -0.2) is 30.6 Å². The van der Waals surface area contributed by atoms with Crippen molar-refractivity contribution in [3.63, 3.8) is 0 Å². The zero-order chi connectivity index (χ0) is 14.5. The summed E-state index contributed by atoms with van der Waals surface area (Å²) in [5.74, 6) is -0.893. The summed E-state index contributed by atoms with van der Waals surface area (Å²) in [6.07, 6.45) is 3.31. The predicted octanol–water partition coefficient (Wildman–Crippen LogP) is 3.49. The first-order chi connectivity index (χ1) is 9.63. The fraction of sp³-hybridized carbons (Fsp3) is 0.625. The van der Waals surface area contributed by atoms with E-state index in [2.05, 4.69) is 17.1 Å². The molecule has 1 saturated heterocycles. The van der Waals surface area contributed by atoms with Crippen molar-refractivity contribution >= 4 is 0 Å². The lowest BCUT2D eigenvalue weighted by molar-refractivity contribution is 0.185. The first-order valence-corrected chi connectivity index (χ1v) is 7.54. The second-order valence-electron chi connectivity index (χ2n) is 5.60. The molecule has 1 aromatic rings. The molecule has 1 N–H and O–H groups in total. The second kappa shape index (κ2) is 7.14. The molecule has 0 spiro atoms. The standard InChI is InChI=1S/C16H24F2N2/c1-3-10-20(11-13-6-5-9-19-13)12(2)16-14(17)7-4-8-15(16)18/h4,7-8,12-13,19H,3,5-6,9-11H2,1-2H3. The van der Waals surface area contributed by atoms with Gasteiger partial charge >= 0.3 is 0 Å². The minimum atomic E-state index is -0.446. The zero-order valence-electron chi connectivity index (χ0n) is 12.3. The minimum Gasteiger partial charge on any atom is -0.313 e. The van der Waals surface area contributed by atoms with Crippen LogP contribution in [0.2, 0.25) is 0 Å². The molecule has 1 aliphatic rings. The van der Waals surface area contributed by atoms with E-state index >= 15 is 0 Å². The van der Waals surface area contributed by atoms with Crippen molar-refractivity contribution in [3.8, 4) is 0 Å². The fourth-order valence-electron chi connectivity index (χ4n) is 3.02. The highest BCUT2D eigenvalue weighted by Crippen LogP contribution is 2.26. The van der Waals surface area contributed by atoms with E-state index in [1.807, 2.05) is 6.92 Å². The Bertz CT molecular complexity index is 410. The number of halogens is 2. The van der Waals surface area contributed by atoms with Gasteiger partial charge in [-0.15, -0.1) is 0 Å². The van der Waals surface area contributed by atoms with Gasteiger partial charge in [-0.3, -0.25) is 4.90 Å². The molecule has 2 atom stereocenters. The van der Waals surface area contributed by atoms with Crippen LogP contribution < -0.4 is 5.32 Å². The zero-order valence-corrected chi connectivity index (χ0v) is 12.3. The average molecular weight is 282 g/mol. The van der Waals surface area contributed by atoms with E-state index in [0.717, 1.165) is 32.5 Å². The van der Waals surface area contributed by atoms with Crippen LogP contribution in [0.3, 0.4) is 0 Å². The Labute approximate surface area is 120 Å². The van der Waals surface area contributed by atoms with Gasteiger partial charge in [0.25, 0.3) is 0 Å². The summed E-state index contributed by atoms with van der Waals surface area (Å²) < 4.78 is 27.9. The highest BCUT2D eigenvalue weighted by atomic mass is 19.1. The molecule has 4 heteroatoms. The molecule has 1 aromatic carbocycles. The van der Waals surface area contributed by atoms with Gasteiger partial charge < -0.3 is 5.32 Å². The summed E-state index contributed by atoms with van der Waals surface area (Å²) in [7, 11) is 0. The summed E-state index contributed by atoms with van der Waals surface area (Å²) in [5.41, 5.74) is 0.193. The molecule has 1 fully saturated rings. The summed E-state index contributed by atoms with van der Waals surface area (Å²) in [6.45, 7) is 6.74. The van der Waals surface area contributed by atoms with Crippen LogP contribution in [0, 0.1) is 11.6 Å². The molecule has 2 rings (SSSR count). The Balaban J connectivity index is 2.14. The molecular formula is C16H24F2N2. The smallest absolute Gasteiger partial charge is 0.130 e. The van der Waals surface area contributed by atoms with Gasteiger partial charge in [-0.1, -0.05) is 13.0 Å². The molecule has 0 radical (unpaired) electrons. The van der Waals surface area contributed by atoms with Gasteiger partial charge in [-0.05, 0) is 51.4 Å². The van der Waals surface area contributed by atoms with E-state index < -0.39 is 11.6 Å². The summed E-state index contributed by atoms with van der Waals surface area (Å²) in [6, 6.07) is 4.31. The first-order valence-electron chi connectivity index (χ1n) is 7.54. The maximum absolute atomic E-state index is 13.9.